The van der Waals surface area contributed by atoms with Gasteiger partial charge in [-0.05, 0) is 60.2 Å². The lowest BCUT2D eigenvalue weighted by Gasteiger charge is -2.17. The summed E-state index contributed by atoms with van der Waals surface area (Å²) in [6, 6.07) is 36.0. The van der Waals surface area contributed by atoms with Crippen LogP contribution in [-0.4, -0.2) is 22.7 Å². The summed E-state index contributed by atoms with van der Waals surface area (Å²) in [7, 11) is 0. The fraction of sp³-hybridized carbons (Fsp3) is 0.0286. The third-order valence-corrected chi connectivity index (χ3v) is 7.58. The zero-order valence-electron chi connectivity index (χ0n) is 23.3. The van der Waals surface area contributed by atoms with E-state index in [2.05, 4.69) is 20.9 Å². The van der Waals surface area contributed by atoms with Crippen molar-refractivity contribution in [1.29, 1.82) is 0 Å². The number of halogens is 1. The van der Waals surface area contributed by atoms with Crippen LogP contribution in [0.1, 0.15) is 26.7 Å². The van der Waals surface area contributed by atoms with E-state index in [0.29, 0.717) is 22.0 Å². The highest BCUT2D eigenvalue weighted by molar-refractivity contribution is 8.00. The van der Waals surface area contributed by atoms with Gasteiger partial charge in [0, 0.05) is 27.9 Å². The van der Waals surface area contributed by atoms with Gasteiger partial charge >= 0.3 is 0 Å². The van der Waals surface area contributed by atoms with E-state index in [4.69, 9.17) is 0 Å². The summed E-state index contributed by atoms with van der Waals surface area (Å²) in [6.45, 7) is 0. The molecule has 0 aliphatic heterocycles. The van der Waals surface area contributed by atoms with Crippen molar-refractivity contribution < 1.29 is 18.8 Å². The summed E-state index contributed by atoms with van der Waals surface area (Å²) in [5.41, 5.74) is 1.55. The number of amides is 3. The van der Waals surface area contributed by atoms with Gasteiger partial charge in [-0.2, -0.15) is 0 Å². The second kappa shape index (κ2) is 14.6. The monoisotopic (exact) mass is 602 g/mol. The molecule has 4 aromatic carbocycles. The van der Waals surface area contributed by atoms with E-state index in [1.165, 1.54) is 36.0 Å². The molecule has 1 aromatic heterocycles. The molecule has 0 aliphatic carbocycles. The van der Waals surface area contributed by atoms with Crippen LogP contribution in [0.15, 0.2) is 144 Å². The van der Waals surface area contributed by atoms with E-state index < -0.39 is 22.9 Å². The van der Waals surface area contributed by atoms with Crippen LogP contribution in [0.2, 0.25) is 0 Å². The Bertz CT molecular complexity index is 1780. The average molecular weight is 603 g/mol. The molecule has 0 saturated carbocycles. The van der Waals surface area contributed by atoms with Crippen LogP contribution in [0.3, 0.4) is 0 Å². The number of nitrogens with zero attached hydrogens (tertiary/aromatic N) is 1. The van der Waals surface area contributed by atoms with E-state index in [1.807, 2.05) is 36.4 Å². The fourth-order valence-corrected chi connectivity index (χ4v) is 5.28. The minimum Gasteiger partial charge on any atom is -0.321 e. The predicted molar refractivity (Wildman–Crippen MR) is 171 cm³/mol. The zero-order valence-corrected chi connectivity index (χ0v) is 24.1. The minimum atomic E-state index is -0.646. The maximum absolute atomic E-state index is 14.5. The number of anilines is 2. The first-order chi connectivity index (χ1) is 21.5. The molecule has 1 unspecified atom stereocenters. The molecule has 0 saturated heterocycles. The van der Waals surface area contributed by atoms with Gasteiger partial charge in [0.1, 0.15) is 22.6 Å². The number of carbonyl (C=O) groups is 3. The maximum Gasteiger partial charge on any atom is 0.272 e. The van der Waals surface area contributed by atoms with Gasteiger partial charge in [0.05, 0.1) is 0 Å². The zero-order chi connectivity index (χ0) is 30.7. The van der Waals surface area contributed by atoms with Crippen LogP contribution in [0.5, 0.6) is 0 Å². The van der Waals surface area contributed by atoms with Crippen LogP contribution >= 0.6 is 11.8 Å². The molecule has 3 amide bonds. The number of thioether (sulfide) groups is 1. The second-order valence-corrected chi connectivity index (χ2v) is 10.7. The molecule has 1 atom stereocenters. The summed E-state index contributed by atoms with van der Waals surface area (Å²) in [4.78, 5) is 44.7. The molecule has 44 heavy (non-hydrogen) atoms. The molecule has 0 spiro atoms. The van der Waals surface area contributed by atoms with Gasteiger partial charge < -0.3 is 16.0 Å². The summed E-state index contributed by atoms with van der Waals surface area (Å²) < 4.78 is 14.5. The van der Waals surface area contributed by atoms with Crippen molar-refractivity contribution in [3.05, 3.63) is 162 Å². The van der Waals surface area contributed by atoms with E-state index in [0.717, 1.165) is 5.56 Å². The molecule has 7 nitrogen and oxygen atoms in total. The Balaban J connectivity index is 1.38. The standard InChI is InChI=1S/C35H27FN4O3S/c36-29-19-8-7-16-26(29)22-30(39-33(41)25-14-5-2-6-15-25)34(42)38-27-17-11-18-28(23-27)44-32(24-12-3-1-4-13-24)35(43)40-31-20-9-10-21-37-31/h1-23,32H,(H,38,42)(H,39,41)(H,37,40,43)/b30-22-. The van der Waals surface area contributed by atoms with Gasteiger partial charge in [-0.15, -0.1) is 11.8 Å². The minimum absolute atomic E-state index is 0.139. The second-order valence-electron chi connectivity index (χ2n) is 9.49. The van der Waals surface area contributed by atoms with Crippen molar-refractivity contribution in [2.75, 3.05) is 10.6 Å². The summed E-state index contributed by atoms with van der Waals surface area (Å²) >= 11 is 1.31. The molecule has 3 N–H and O–H groups in total. The number of hydrogen-bond donors (Lipinski definition) is 3. The van der Waals surface area contributed by atoms with Crippen LogP contribution in [0.4, 0.5) is 15.9 Å². The van der Waals surface area contributed by atoms with Gasteiger partial charge in [0.2, 0.25) is 5.91 Å². The molecule has 0 bridgehead atoms. The first kappa shape index (κ1) is 29.9. The Hall–Kier alpha value is -5.54. The van der Waals surface area contributed by atoms with Crippen molar-refractivity contribution in [2.24, 2.45) is 0 Å². The third kappa shape index (κ3) is 8.05. The molecule has 1 heterocycles. The van der Waals surface area contributed by atoms with Crippen molar-refractivity contribution >= 4 is 47.1 Å². The summed E-state index contributed by atoms with van der Waals surface area (Å²) in [5, 5.41) is 7.65. The number of carbonyl (C=O) groups excluding carboxylic acids is 3. The normalized spacial score (nSPS) is 11.7. The SMILES string of the molecule is O=C(Nc1cccc(SC(C(=O)Nc2ccccn2)c2ccccc2)c1)/C(=C/c1ccccc1F)NC(=O)c1ccccc1. The number of nitrogens with one attached hydrogen (secondary N) is 3. The number of rotatable bonds is 10. The largest absolute Gasteiger partial charge is 0.321 e. The molecular formula is C35H27FN4O3S. The molecule has 0 aliphatic rings. The van der Waals surface area contributed by atoms with Gasteiger partial charge in [0.15, 0.2) is 0 Å². The van der Waals surface area contributed by atoms with Gasteiger partial charge in [0.25, 0.3) is 11.8 Å². The van der Waals surface area contributed by atoms with Crippen molar-refractivity contribution in [2.45, 2.75) is 10.1 Å². The highest BCUT2D eigenvalue weighted by atomic mass is 32.2. The third-order valence-electron chi connectivity index (χ3n) is 6.34. The summed E-state index contributed by atoms with van der Waals surface area (Å²) in [6.07, 6.45) is 2.89. The Morgan fingerprint density at radius 1 is 0.750 bits per heavy atom. The topological polar surface area (TPSA) is 100 Å². The Labute approximate surface area is 258 Å². The molecule has 5 aromatic rings. The Kier molecular flexibility index (Phi) is 9.91. The number of hydrogen-bond acceptors (Lipinski definition) is 5. The highest BCUT2D eigenvalue weighted by Gasteiger charge is 2.23. The highest BCUT2D eigenvalue weighted by Crippen LogP contribution is 2.37. The first-order valence-electron chi connectivity index (χ1n) is 13.6. The summed E-state index contributed by atoms with van der Waals surface area (Å²) in [5.74, 6) is -1.52. The Morgan fingerprint density at radius 3 is 2.18 bits per heavy atom. The maximum atomic E-state index is 14.5. The van der Waals surface area contributed by atoms with E-state index in [9.17, 15) is 18.8 Å². The van der Waals surface area contributed by atoms with E-state index >= 15 is 0 Å². The lowest BCUT2D eigenvalue weighted by atomic mass is 10.1. The van der Waals surface area contributed by atoms with Crippen LogP contribution in [0, 0.1) is 5.82 Å². The Morgan fingerprint density at radius 2 is 1.45 bits per heavy atom. The molecule has 9 heteroatoms. The van der Waals surface area contributed by atoms with Crippen molar-refractivity contribution in [3.63, 3.8) is 0 Å². The molecule has 218 valence electrons. The number of pyridine rings is 1. The smallest absolute Gasteiger partial charge is 0.272 e. The molecular weight excluding hydrogens is 575 g/mol. The molecule has 5 rings (SSSR count). The van der Waals surface area contributed by atoms with Gasteiger partial charge in [-0.1, -0.05) is 78.9 Å². The van der Waals surface area contributed by atoms with Crippen LogP contribution < -0.4 is 16.0 Å². The van der Waals surface area contributed by atoms with Gasteiger partial charge in [-0.3, -0.25) is 14.4 Å². The average Bonchev–Trinajstić information content (AvgIpc) is 3.05. The van der Waals surface area contributed by atoms with Crippen LogP contribution in [-0.2, 0) is 9.59 Å². The van der Waals surface area contributed by atoms with Crippen LogP contribution in [0.25, 0.3) is 6.08 Å². The van der Waals surface area contributed by atoms with Crippen molar-refractivity contribution in [1.82, 2.24) is 10.3 Å². The van der Waals surface area contributed by atoms with E-state index in [-0.39, 0.29) is 17.2 Å². The van der Waals surface area contributed by atoms with Gasteiger partial charge in [-0.25, -0.2) is 9.37 Å². The number of benzene rings is 4. The van der Waals surface area contributed by atoms with E-state index in [1.54, 1.807) is 79.0 Å². The molecule has 0 fully saturated rings. The molecule has 0 radical (unpaired) electrons. The quantitative estimate of drug-likeness (QED) is 0.117. The lowest BCUT2D eigenvalue weighted by Crippen LogP contribution is -2.30. The lowest BCUT2D eigenvalue weighted by molar-refractivity contribution is -0.116. The number of aromatic nitrogens is 1. The predicted octanol–water partition coefficient (Wildman–Crippen LogP) is 7.10. The fourth-order valence-electron chi connectivity index (χ4n) is 4.20. The first-order valence-corrected chi connectivity index (χ1v) is 14.5. The van der Waals surface area contributed by atoms with Crippen molar-refractivity contribution in [3.8, 4) is 0 Å².